The van der Waals surface area contributed by atoms with Crippen molar-refractivity contribution >= 4 is 16.8 Å². The predicted octanol–water partition coefficient (Wildman–Crippen LogP) is 3.57. The van der Waals surface area contributed by atoms with Gasteiger partial charge in [0.25, 0.3) is 5.92 Å². The maximum absolute atomic E-state index is 14.1. The van der Waals surface area contributed by atoms with Crippen molar-refractivity contribution in [2.24, 2.45) is 0 Å². The number of halogens is 2. The molecule has 2 unspecified atom stereocenters. The Hall–Kier alpha value is -2.97. The Labute approximate surface area is 171 Å². The Balaban J connectivity index is 1.45. The molecule has 2 aliphatic heterocycles. The number of rotatable bonds is 3. The lowest BCUT2D eigenvalue weighted by atomic mass is 9.94. The van der Waals surface area contributed by atoms with Crippen LogP contribution in [0.2, 0.25) is 0 Å². The summed E-state index contributed by atoms with van der Waals surface area (Å²) < 4.78 is 33.7. The number of phenolic OH excluding ortho intramolecular Hbond substituents is 1. The Bertz CT molecular complexity index is 1130. The molecule has 30 heavy (non-hydrogen) atoms. The van der Waals surface area contributed by atoms with Gasteiger partial charge in [0.05, 0.1) is 35.9 Å². The van der Waals surface area contributed by atoms with Gasteiger partial charge in [0, 0.05) is 42.9 Å². The number of methoxy groups -OCH3 is 1. The minimum absolute atomic E-state index is 0.0903. The molecule has 2 aliphatic rings. The van der Waals surface area contributed by atoms with Crippen molar-refractivity contribution < 1.29 is 18.6 Å². The van der Waals surface area contributed by atoms with Crippen LogP contribution in [-0.4, -0.2) is 51.3 Å². The summed E-state index contributed by atoms with van der Waals surface area (Å²) in [6.45, 7) is 0. The van der Waals surface area contributed by atoms with Crippen LogP contribution < -0.4 is 5.32 Å². The number of ether oxygens (including phenoxy) is 1. The maximum atomic E-state index is 14.1. The molecule has 1 aromatic carbocycles. The fourth-order valence-corrected chi connectivity index (χ4v) is 4.42. The lowest BCUT2D eigenvalue weighted by Gasteiger charge is -2.31. The smallest absolute Gasteiger partial charge is 0.265 e. The molecule has 3 atom stereocenters. The molecule has 154 valence electrons. The molecule has 2 N–H and O–H groups in total. The summed E-state index contributed by atoms with van der Waals surface area (Å²) in [6, 6.07) is 4.05. The van der Waals surface area contributed by atoms with Gasteiger partial charge in [-0.2, -0.15) is 0 Å². The number of nitrogens with zero attached hydrogens (tertiary/aromatic N) is 3. The van der Waals surface area contributed by atoms with E-state index in [0.29, 0.717) is 17.0 Å². The highest BCUT2D eigenvalue weighted by molar-refractivity contribution is 5.89. The quantitative estimate of drug-likeness (QED) is 0.687. The Morgan fingerprint density at radius 2 is 2.07 bits per heavy atom. The molecule has 2 fully saturated rings. The molecule has 6 nitrogen and oxygen atoms in total. The van der Waals surface area contributed by atoms with Crippen molar-refractivity contribution in [3.63, 3.8) is 0 Å². The summed E-state index contributed by atoms with van der Waals surface area (Å²) in [7, 11) is 1.53. The number of pyridine rings is 1. The number of nitrogens with one attached hydrogen (secondary N) is 1. The van der Waals surface area contributed by atoms with Crippen LogP contribution in [0.25, 0.3) is 28.1 Å². The normalized spacial score (nSPS) is 26.4. The highest BCUT2D eigenvalue weighted by Gasteiger charge is 2.54. The van der Waals surface area contributed by atoms with E-state index in [1.165, 1.54) is 7.11 Å². The van der Waals surface area contributed by atoms with Gasteiger partial charge in [-0.15, -0.1) is 0 Å². The predicted molar refractivity (Wildman–Crippen MR) is 108 cm³/mol. The van der Waals surface area contributed by atoms with Gasteiger partial charge in [0.1, 0.15) is 5.75 Å². The molecule has 0 saturated carbocycles. The molecule has 2 saturated heterocycles. The number of piperidine rings is 1. The minimum Gasteiger partial charge on any atom is -0.507 e. The van der Waals surface area contributed by atoms with Gasteiger partial charge in [-0.1, -0.05) is 0 Å². The van der Waals surface area contributed by atoms with Gasteiger partial charge in [-0.3, -0.25) is 15.0 Å². The molecule has 0 spiro atoms. The topological polar surface area (TPSA) is 80.2 Å². The number of alkyl halides is 2. The third kappa shape index (κ3) is 3.22. The summed E-state index contributed by atoms with van der Waals surface area (Å²) in [6.07, 6.45) is 7.84. The maximum Gasteiger partial charge on any atom is 0.265 e. The van der Waals surface area contributed by atoms with E-state index in [9.17, 15) is 13.9 Å². The average molecular weight is 410 g/mol. The first-order chi connectivity index (χ1) is 14.4. The van der Waals surface area contributed by atoms with E-state index in [4.69, 9.17) is 4.74 Å². The van der Waals surface area contributed by atoms with Crippen LogP contribution >= 0.6 is 0 Å². The Morgan fingerprint density at radius 3 is 2.83 bits per heavy atom. The van der Waals surface area contributed by atoms with E-state index in [0.717, 1.165) is 16.3 Å². The highest BCUT2D eigenvalue weighted by atomic mass is 19.3. The standard InChI is InChI=1S/C22H20F2N4O2/c1-30-21-13(7-20-22(23,24)8-17(21)28-20)4-15-10-27-18(11-26-15)16-5-12-2-3-25-9-14(12)6-19(16)29/h2-6,9-11,17,20-21,28-29H,7-8H2,1H3/b13-4-/t17?,20?,21-/m1/s1. The van der Waals surface area contributed by atoms with Gasteiger partial charge in [-0.25, -0.2) is 8.78 Å². The average Bonchev–Trinajstić information content (AvgIpc) is 2.97. The summed E-state index contributed by atoms with van der Waals surface area (Å²) in [5, 5.41) is 15.1. The van der Waals surface area contributed by atoms with Crippen molar-refractivity contribution in [2.45, 2.75) is 37.0 Å². The van der Waals surface area contributed by atoms with Crippen molar-refractivity contribution in [1.29, 1.82) is 0 Å². The number of hydrogen-bond donors (Lipinski definition) is 2. The van der Waals surface area contributed by atoms with Gasteiger partial charge in [0.15, 0.2) is 0 Å². The van der Waals surface area contributed by atoms with Crippen molar-refractivity contribution in [3.8, 4) is 17.0 Å². The number of aromatic nitrogens is 3. The molecule has 0 aliphatic carbocycles. The van der Waals surface area contributed by atoms with Crippen LogP contribution in [0.1, 0.15) is 18.5 Å². The number of fused-ring (bicyclic) bond motifs is 3. The van der Waals surface area contributed by atoms with Crippen molar-refractivity contribution in [2.75, 3.05) is 7.11 Å². The van der Waals surface area contributed by atoms with Crippen LogP contribution in [0.3, 0.4) is 0 Å². The van der Waals surface area contributed by atoms with Crippen LogP contribution in [0, 0.1) is 0 Å². The fourth-order valence-electron chi connectivity index (χ4n) is 4.42. The first-order valence-corrected chi connectivity index (χ1v) is 9.71. The second-order valence-electron chi connectivity index (χ2n) is 7.79. The van der Waals surface area contributed by atoms with Crippen molar-refractivity contribution in [1.82, 2.24) is 20.3 Å². The second-order valence-corrected chi connectivity index (χ2v) is 7.79. The van der Waals surface area contributed by atoms with Gasteiger partial charge in [0.2, 0.25) is 0 Å². The zero-order valence-corrected chi connectivity index (χ0v) is 16.2. The largest absolute Gasteiger partial charge is 0.507 e. The zero-order valence-electron chi connectivity index (χ0n) is 16.2. The van der Waals surface area contributed by atoms with Gasteiger partial charge in [-0.05, 0) is 41.7 Å². The SMILES string of the molecule is CO[C@@H]1/C(=C\c2cnc(-c3cc4ccncc4cc3O)cn2)CC2NC1CC2(F)F. The molecular formula is C22H20F2N4O2. The van der Waals surface area contributed by atoms with Crippen molar-refractivity contribution in [3.05, 3.63) is 54.3 Å². The third-order valence-corrected chi connectivity index (χ3v) is 5.88. The summed E-state index contributed by atoms with van der Waals surface area (Å²) in [5.74, 6) is -2.65. The Kier molecular flexibility index (Phi) is 4.48. The number of phenols is 1. The number of benzene rings is 1. The molecule has 5 rings (SSSR count). The van der Waals surface area contributed by atoms with E-state index >= 15 is 0 Å². The summed E-state index contributed by atoms with van der Waals surface area (Å²) in [4.78, 5) is 12.9. The van der Waals surface area contributed by atoms with E-state index < -0.39 is 24.1 Å². The lowest BCUT2D eigenvalue weighted by molar-refractivity contribution is -0.00999. The highest BCUT2D eigenvalue weighted by Crippen LogP contribution is 2.42. The van der Waals surface area contributed by atoms with E-state index in [1.54, 1.807) is 36.9 Å². The molecule has 3 aromatic rings. The van der Waals surface area contributed by atoms with Crippen LogP contribution in [0.4, 0.5) is 8.78 Å². The third-order valence-electron chi connectivity index (χ3n) is 5.88. The minimum atomic E-state index is -2.74. The monoisotopic (exact) mass is 410 g/mol. The van der Waals surface area contributed by atoms with E-state index in [-0.39, 0.29) is 18.6 Å². The summed E-state index contributed by atoms with van der Waals surface area (Å²) >= 11 is 0. The number of hydrogen-bond acceptors (Lipinski definition) is 6. The molecule has 2 bridgehead atoms. The van der Waals surface area contributed by atoms with Crippen LogP contribution in [0.5, 0.6) is 5.75 Å². The van der Waals surface area contributed by atoms with E-state index in [1.807, 2.05) is 12.1 Å². The first-order valence-electron chi connectivity index (χ1n) is 9.71. The number of aromatic hydroxyl groups is 1. The first kappa shape index (κ1) is 19.0. The van der Waals surface area contributed by atoms with E-state index in [2.05, 4.69) is 20.3 Å². The van der Waals surface area contributed by atoms with Gasteiger partial charge >= 0.3 is 0 Å². The zero-order chi connectivity index (χ0) is 20.9. The summed E-state index contributed by atoms with van der Waals surface area (Å²) in [5.41, 5.74) is 2.43. The van der Waals surface area contributed by atoms with Crippen LogP contribution in [-0.2, 0) is 4.74 Å². The molecule has 0 amide bonds. The molecule has 2 aromatic heterocycles. The molecule has 8 heteroatoms. The second kappa shape index (κ2) is 7.07. The Morgan fingerprint density at radius 1 is 1.20 bits per heavy atom. The molecule has 4 heterocycles. The molecular weight excluding hydrogens is 390 g/mol. The van der Waals surface area contributed by atoms with Gasteiger partial charge < -0.3 is 15.2 Å². The molecule has 0 radical (unpaired) electrons. The lowest BCUT2D eigenvalue weighted by Crippen LogP contribution is -2.47. The van der Waals surface area contributed by atoms with Crippen LogP contribution in [0.15, 0.2) is 48.6 Å². The fraction of sp³-hybridized carbons (Fsp3) is 0.318.